The lowest BCUT2D eigenvalue weighted by molar-refractivity contribution is -0.120. The number of carbonyl (C=O) groups is 1. The SMILES string of the molecule is Cc1ccc(S(=O)(=O)N2CCNC(C(N)=O)C2)cc1.Cl. The maximum atomic E-state index is 12.4. The van der Waals surface area contributed by atoms with Gasteiger partial charge in [0.2, 0.25) is 15.9 Å². The molecule has 20 heavy (non-hydrogen) atoms. The Morgan fingerprint density at radius 1 is 1.35 bits per heavy atom. The average molecular weight is 320 g/mol. The number of carbonyl (C=O) groups excluding carboxylic acids is 1. The maximum Gasteiger partial charge on any atom is 0.243 e. The summed E-state index contributed by atoms with van der Waals surface area (Å²) in [5.74, 6) is -0.538. The lowest BCUT2D eigenvalue weighted by atomic mass is 10.2. The Kier molecular flexibility index (Phi) is 5.52. The zero-order valence-electron chi connectivity index (χ0n) is 11.1. The van der Waals surface area contributed by atoms with Crippen molar-refractivity contribution in [1.82, 2.24) is 9.62 Å². The Morgan fingerprint density at radius 3 is 2.50 bits per heavy atom. The van der Waals surface area contributed by atoms with Crippen molar-refractivity contribution < 1.29 is 13.2 Å². The van der Waals surface area contributed by atoms with E-state index in [-0.39, 0.29) is 23.8 Å². The standard InChI is InChI=1S/C12H17N3O3S.ClH/c1-9-2-4-10(5-3-9)19(17,18)15-7-6-14-11(8-15)12(13)16;/h2-5,11,14H,6-8H2,1H3,(H2,13,16);1H. The van der Waals surface area contributed by atoms with Gasteiger partial charge in [-0.15, -0.1) is 12.4 Å². The number of nitrogens with two attached hydrogens (primary N) is 1. The van der Waals surface area contributed by atoms with Gasteiger partial charge in [-0.05, 0) is 19.1 Å². The lowest BCUT2D eigenvalue weighted by Gasteiger charge is -2.31. The third-order valence-corrected chi connectivity index (χ3v) is 5.02. The largest absolute Gasteiger partial charge is 0.368 e. The molecule has 0 saturated carbocycles. The van der Waals surface area contributed by atoms with Crippen LogP contribution in [0.15, 0.2) is 29.2 Å². The van der Waals surface area contributed by atoms with Crippen molar-refractivity contribution in [2.75, 3.05) is 19.6 Å². The summed E-state index contributed by atoms with van der Waals surface area (Å²) in [6, 6.07) is 6.02. The smallest absolute Gasteiger partial charge is 0.243 e. The van der Waals surface area contributed by atoms with E-state index in [1.807, 2.05) is 6.92 Å². The van der Waals surface area contributed by atoms with Gasteiger partial charge in [-0.3, -0.25) is 4.79 Å². The van der Waals surface area contributed by atoms with Crippen LogP contribution in [0.3, 0.4) is 0 Å². The van der Waals surface area contributed by atoms with Crippen molar-refractivity contribution in [2.24, 2.45) is 5.73 Å². The molecule has 1 aromatic rings. The van der Waals surface area contributed by atoms with Crippen molar-refractivity contribution in [3.05, 3.63) is 29.8 Å². The summed E-state index contributed by atoms with van der Waals surface area (Å²) in [6.07, 6.45) is 0. The van der Waals surface area contributed by atoms with Gasteiger partial charge in [0, 0.05) is 19.6 Å². The summed E-state index contributed by atoms with van der Waals surface area (Å²) in [4.78, 5) is 11.4. The number of nitrogens with one attached hydrogen (secondary N) is 1. The highest BCUT2D eigenvalue weighted by atomic mass is 35.5. The number of primary amides is 1. The van der Waals surface area contributed by atoms with Gasteiger partial charge in [0.1, 0.15) is 6.04 Å². The molecule has 1 unspecified atom stereocenters. The fraction of sp³-hybridized carbons (Fsp3) is 0.417. The first kappa shape index (κ1) is 16.9. The van der Waals surface area contributed by atoms with E-state index in [4.69, 9.17) is 5.73 Å². The van der Waals surface area contributed by atoms with Crippen LogP contribution in [0.2, 0.25) is 0 Å². The van der Waals surface area contributed by atoms with Crippen molar-refractivity contribution in [2.45, 2.75) is 17.9 Å². The monoisotopic (exact) mass is 319 g/mol. The van der Waals surface area contributed by atoms with E-state index in [9.17, 15) is 13.2 Å². The van der Waals surface area contributed by atoms with Crippen LogP contribution in [0.5, 0.6) is 0 Å². The van der Waals surface area contributed by atoms with E-state index in [2.05, 4.69) is 5.32 Å². The van der Waals surface area contributed by atoms with E-state index in [1.165, 1.54) is 4.31 Å². The van der Waals surface area contributed by atoms with Crippen LogP contribution in [0, 0.1) is 6.92 Å². The summed E-state index contributed by atoms with van der Waals surface area (Å²) in [5.41, 5.74) is 6.20. The third kappa shape index (κ3) is 3.49. The summed E-state index contributed by atoms with van der Waals surface area (Å²) in [6.45, 7) is 2.72. The molecule has 1 fully saturated rings. The molecule has 0 aliphatic carbocycles. The molecule has 0 aromatic heterocycles. The Hall–Kier alpha value is -1.15. The van der Waals surface area contributed by atoms with Gasteiger partial charge in [-0.2, -0.15) is 4.31 Å². The fourth-order valence-electron chi connectivity index (χ4n) is 1.99. The van der Waals surface area contributed by atoms with Gasteiger partial charge in [-0.25, -0.2) is 8.42 Å². The molecule has 0 bridgehead atoms. The minimum absolute atomic E-state index is 0. The molecule has 2 rings (SSSR count). The van der Waals surface area contributed by atoms with Crippen LogP contribution in [0.1, 0.15) is 5.56 Å². The first-order valence-electron chi connectivity index (χ1n) is 6.01. The zero-order chi connectivity index (χ0) is 14.0. The third-order valence-electron chi connectivity index (χ3n) is 3.14. The summed E-state index contributed by atoms with van der Waals surface area (Å²) in [7, 11) is -3.56. The van der Waals surface area contributed by atoms with E-state index in [1.54, 1.807) is 24.3 Å². The van der Waals surface area contributed by atoms with Crippen molar-refractivity contribution in [3.63, 3.8) is 0 Å². The molecule has 1 aliphatic heterocycles. The van der Waals surface area contributed by atoms with Crippen LogP contribution < -0.4 is 11.1 Å². The number of hydrogen-bond acceptors (Lipinski definition) is 4. The molecule has 1 heterocycles. The number of sulfonamides is 1. The van der Waals surface area contributed by atoms with Crippen LogP contribution >= 0.6 is 12.4 Å². The van der Waals surface area contributed by atoms with Gasteiger partial charge >= 0.3 is 0 Å². The van der Waals surface area contributed by atoms with E-state index < -0.39 is 22.0 Å². The Morgan fingerprint density at radius 2 is 1.95 bits per heavy atom. The molecular formula is C12H18ClN3O3S. The number of aryl methyl sites for hydroxylation is 1. The molecule has 1 saturated heterocycles. The quantitative estimate of drug-likeness (QED) is 0.811. The second kappa shape index (κ2) is 6.53. The molecule has 1 atom stereocenters. The second-order valence-electron chi connectivity index (χ2n) is 4.59. The number of nitrogens with zero attached hydrogens (tertiary/aromatic N) is 1. The van der Waals surface area contributed by atoms with Gasteiger partial charge in [0.15, 0.2) is 0 Å². The van der Waals surface area contributed by atoms with Gasteiger partial charge in [0.25, 0.3) is 0 Å². The Balaban J connectivity index is 0.00000200. The number of hydrogen-bond donors (Lipinski definition) is 2. The highest BCUT2D eigenvalue weighted by molar-refractivity contribution is 7.89. The van der Waals surface area contributed by atoms with E-state index in [0.29, 0.717) is 13.1 Å². The first-order chi connectivity index (χ1) is 8.91. The van der Waals surface area contributed by atoms with Gasteiger partial charge in [-0.1, -0.05) is 17.7 Å². The predicted molar refractivity (Wildman–Crippen MR) is 78.2 cm³/mol. The minimum atomic E-state index is -3.56. The molecule has 8 heteroatoms. The maximum absolute atomic E-state index is 12.4. The lowest BCUT2D eigenvalue weighted by Crippen LogP contribution is -2.57. The summed E-state index contributed by atoms with van der Waals surface area (Å²) < 4.78 is 26.1. The number of amides is 1. The topological polar surface area (TPSA) is 92.5 Å². The Bertz CT molecular complexity index is 574. The van der Waals surface area contributed by atoms with Gasteiger partial charge < -0.3 is 11.1 Å². The summed E-state index contributed by atoms with van der Waals surface area (Å²) >= 11 is 0. The molecule has 0 radical (unpaired) electrons. The normalized spacial score (nSPS) is 20.1. The van der Waals surface area contributed by atoms with Crippen molar-refractivity contribution in [1.29, 1.82) is 0 Å². The highest BCUT2D eigenvalue weighted by Gasteiger charge is 2.31. The molecule has 1 aliphatic rings. The highest BCUT2D eigenvalue weighted by Crippen LogP contribution is 2.17. The predicted octanol–water partition coefficient (Wildman–Crippen LogP) is -0.135. The minimum Gasteiger partial charge on any atom is -0.368 e. The molecule has 112 valence electrons. The molecule has 0 spiro atoms. The number of rotatable bonds is 3. The van der Waals surface area contributed by atoms with E-state index >= 15 is 0 Å². The van der Waals surface area contributed by atoms with Crippen LogP contribution in [-0.4, -0.2) is 44.3 Å². The zero-order valence-corrected chi connectivity index (χ0v) is 12.7. The molecule has 1 aromatic carbocycles. The average Bonchev–Trinajstić information content (AvgIpc) is 2.39. The van der Waals surface area contributed by atoms with Crippen LogP contribution in [-0.2, 0) is 14.8 Å². The number of piperazine rings is 1. The van der Waals surface area contributed by atoms with Crippen molar-refractivity contribution in [3.8, 4) is 0 Å². The summed E-state index contributed by atoms with van der Waals surface area (Å²) in [5, 5.41) is 2.90. The molecule has 3 N–H and O–H groups in total. The second-order valence-corrected chi connectivity index (χ2v) is 6.52. The van der Waals surface area contributed by atoms with Crippen molar-refractivity contribution >= 4 is 28.3 Å². The molecule has 6 nitrogen and oxygen atoms in total. The molecule has 1 amide bonds. The molecular weight excluding hydrogens is 302 g/mol. The van der Waals surface area contributed by atoms with E-state index in [0.717, 1.165) is 5.56 Å². The Labute approximate surface area is 124 Å². The van der Waals surface area contributed by atoms with Crippen LogP contribution in [0.25, 0.3) is 0 Å². The first-order valence-corrected chi connectivity index (χ1v) is 7.45. The number of halogens is 1. The number of benzene rings is 1. The van der Waals surface area contributed by atoms with Crippen LogP contribution in [0.4, 0.5) is 0 Å². The van der Waals surface area contributed by atoms with Gasteiger partial charge in [0.05, 0.1) is 4.90 Å². The fourth-order valence-corrected chi connectivity index (χ4v) is 3.45.